The summed E-state index contributed by atoms with van der Waals surface area (Å²) in [4.78, 5) is 10.4. The van der Waals surface area contributed by atoms with Crippen LogP contribution in [0.2, 0.25) is 0 Å². The summed E-state index contributed by atoms with van der Waals surface area (Å²) in [5, 5.41) is 3.59. The number of nitrogens with one attached hydrogen (secondary N) is 1. The lowest BCUT2D eigenvalue weighted by Gasteiger charge is -2.29. The molecule has 2 aliphatic heterocycles. The van der Waals surface area contributed by atoms with E-state index in [-0.39, 0.29) is 24.0 Å². The molecule has 1 unspecified atom stereocenters. The number of hydrogen-bond acceptors (Lipinski definition) is 2. The van der Waals surface area contributed by atoms with Crippen LogP contribution in [0, 0.1) is 23.7 Å². The normalized spacial score (nSPS) is 27.7. The molecule has 2 saturated heterocycles. The van der Waals surface area contributed by atoms with E-state index >= 15 is 0 Å². The zero-order valence-corrected chi connectivity index (χ0v) is 19.0. The second-order valence-electron chi connectivity index (χ2n) is 9.00. The predicted octanol–water partition coefficient (Wildman–Crippen LogP) is 3.81. The van der Waals surface area contributed by atoms with Crippen LogP contribution in [0.15, 0.2) is 4.99 Å². The molecular weight excluding hydrogens is 435 g/mol. The molecule has 4 aliphatic rings. The highest BCUT2D eigenvalue weighted by atomic mass is 127. The summed E-state index contributed by atoms with van der Waals surface area (Å²) < 4.78 is 0. The minimum absolute atomic E-state index is 0. The molecule has 0 aromatic rings. The minimum Gasteiger partial charge on any atom is -0.357 e. The van der Waals surface area contributed by atoms with Crippen molar-refractivity contribution in [3.63, 3.8) is 0 Å². The largest absolute Gasteiger partial charge is 0.357 e. The van der Waals surface area contributed by atoms with E-state index in [0.29, 0.717) is 0 Å². The van der Waals surface area contributed by atoms with Crippen molar-refractivity contribution in [1.29, 1.82) is 0 Å². The van der Waals surface area contributed by atoms with Crippen LogP contribution in [0.4, 0.5) is 0 Å². The summed E-state index contributed by atoms with van der Waals surface area (Å²) in [6.45, 7) is 10.6. The Kier molecular flexibility index (Phi) is 7.91. The van der Waals surface area contributed by atoms with E-state index in [1.54, 1.807) is 0 Å². The molecule has 4 rings (SSSR count). The van der Waals surface area contributed by atoms with E-state index in [4.69, 9.17) is 4.99 Å². The Morgan fingerprint density at radius 1 is 1.00 bits per heavy atom. The van der Waals surface area contributed by atoms with Gasteiger partial charge in [0, 0.05) is 32.7 Å². The van der Waals surface area contributed by atoms with Crippen molar-refractivity contribution >= 4 is 29.9 Å². The fourth-order valence-electron chi connectivity index (χ4n) is 5.03. The summed E-state index contributed by atoms with van der Waals surface area (Å²) >= 11 is 0. The van der Waals surface area contributed by atoms with Crippen LogP contribution in [-0.2, 0) is 0 Å². The number of rotatable bonds is 7. The van der Waals surface area contributed by atoms with Crippen LogP contribution in [0.3, 0.4) is 0 Å². The van der Waals surface area contributed by atoms with Gasteiger partial charge in [0.25, 0.3) is 0 Å². The van der Waals surface area contributed by atoms with Gasteiger partial charge in [-0.05, 0) is 88.6 Å². The Bertz CT molecular complexity index is 443. The SMILES string of the molecule is CCNC(=NCC(C1CC1)C1CC1)N1CCC(CN2CCCCC2)C1.I. The summed E-state index contributed by atoms with van der Waals surface area (Å²) in [6, 6.07) is 0. The maximum Gasteiger partial charge on any atom is 0.193 e. The summed E-state index contributed by atoms with van der Waals surface area (Å²) in [5.74, 6) is 4.94. The van der Waals surface area contributed by atoms with Gasteiger partial charge in [-0.2, -0.15) is 0 Å². The fourth-order valence-corrected chi connectivity index (χ4v) is 5.03. The Morgan fingerprint density at radius 3 is 2.31 bits per heavy atom. The lowest BCUT2D eigenvalue weighted by molar-refractivity contribution is 0.198. The van der Waals surface area contributed by atoms with Crippen LogP contribution in [0.25, 0.3) is 0 Å². The van der Waals surface area contributed by atoms with Gasteiger partial charge in [-0.25, -0.2) is 0 Å². The predicted molar refractivity (Wildman–Crippen MR) is 120 cm³/mol. The molecule has 150 valence electrons. The molecule has 0 amide bonds. The second-order valence-corrected chi connectivity index (χ2v) is 9.00. The number of guanidine groups is 1. The number of halogens is 1. The summed E-state index contributed by atoms with van der Waals surface area (Å²) in [5.41, 5.74) is 0. The van der Waals surface area contributed by atoms with Gasteiger partial charge in [0.15, 0.2) is 5.96 Å². The zero-order chi connectivity index (χ0) is 17.1. The molecular formula is C21H39IN4. The number of aliphatic imine (C=N–C) groups is 1. The van der Waals surface area contributed by atoms with E-state index in [1.807, 2.05) is 0 Å². The van der Waals surface area contributed by atoms with Gasteiger partial charge in [-0.1, -0.05) is 6.42 Å². The van der Waals surface area contributed by atoms with E-state index in [2.05, 4.69) is 22.0 Å². The molecule has 2 aliphatic carbocycles. The molecule has 1 atom stereocenters. The number of likely N-dealkylation sites (tertiary alicyclic amines) is 2. The average molecular weight is 474 g/mol. The number of nitrogens with zero attached hydrogens (tertiary/aromatic N) is 3. The van der Waals surface area contributed by atoms with Gasteiger partial charge in [-0.3, -0.25) is 4.99 Å². The zero-order valence-electron chi connectivity index (χ0n) is 16.7. The van der Waals surface area contributed by atoms with Gasteiger partial charge >= 0.3 is 0 Å². The summed E-state index contributed by atoms with van der Waals surface area (Å²) in [6.07, 6.45) is 11.5. The third kappa shape index (κ3) is 5.73. The molecule has 0 bridgehead atoms. The Hall–Kier alpha value is -0.0400. The van der Waals surface area contributed by atoms with Gasteiger partial charge in [0.1, 0.15) is 0 Å². The Labute approximate surface area is 177 Å². The first-order valence-corrected chi connectivity index (χ1v) is 11.1. The van der Waals surface area contributed by atoms with Crippen molar-refractivity contribution in [3.8, 4) is 0 Å². The Morgan fingerprint density at radius 2 is 1.69 bits per heavy atom. The van der Waals surface area contributed by atoms with Crippen molar-refractivity contribution in [1.82, 2.24) is 15.1 Å². The lowest BCUT2D eigenvalue weighted by atomic mass is 9.98. The monoisotopic (exact) mass is 474 g/mol. The van der Waals surface area contributed by atoms with Crippen molar-refractivity contribution in [3.05, 3.63) is 0 Å². The third-order valence-corrected chi connectivity index (χ3v) is 6.79. The topological polar surface area (TPSA) is 30.9 Å². The lowest BCUT2D eigenvalue weighted by Crippen LogP contribution is -2.41. The molecule has 26 heavy (non-hydrogen) atoms. The standard InChI is InChI=1S/C21H38N4.HI/c1-2-22-21(23-14-20(18-6-7-18)19-8-9-19)25-13-10-17(16-25)15-24-11-4-3-5-12-24;/h17-20H,2-16H2,1H3,(H,22,23);1H. The summed E-state index contributed by atoms with van der Waals surface area (Å²) in [7, 11) is 0. The van der Waals surface area contributed by atoms with E-state index in [1.165, 1.54) is 90.0 Å². The van der Waals surface area contributed by atoms with Gasteiger partial charge in [0.2, 0.25) is 0 Å². The molecule has 1 N–H and O–H groups in total. The molecule has 2 saturated carbocycles. The number of hydrogen-bond donors (Lipinski definition) is 1. The molecule has 0 aromatic carbocycles. The van der Waals surface area contributed by atoms with Gasteiger partial charge in [0.05, 0.1) is 0 Å². The highest BCUT2D eigenvalue weighted by molar-refractivity contribution is 14.0. The molecule has 0 aromatic heterocycles. The maximum atomic E-state index is 5.12. The number of piperidine rings is 1. The van der Waals surface area contributed by atoms with Crippen molar-refractivity contribution in [2.24, 2.45) is 28.7 Å². The first-order chi connectivity index (χ1) is 12.3. The molecule has 2 heterocycles. The first kappa shape index (κ1) is 20.7. The van der Waals surface area contributed by atoms with Gasteiger partial charge < -0.3 is 15.1 Å². The molecule has 0 spiro atoms. The van der Waals surface area contributed by atoms with Gasteiger partial charge in [-0.15, -0.1) is 24.0 Å². The van der Waals surface area contributed by atoms with Crippen LogP contribution >= 0.6 is 24.0 Å². The molecule has 4 nitrogen and oxygen atoms in total. The van der Waals surface area contributed by atoms with Crippen molar-refractivity contribution in [2.45, 2.75) is 58.3 Å². The van der Waals surface area contributed by atoms with Crippen LogP contribution < -0.4 is 5.32 Å². The quantitative estimate of drug-likeness (QED) is 0.346. The minimum atomic E-state index is 0. The van der Waals surface area contributed by atoms with Crippen LogP contribution in [-0.4, -0.2) is 61.6 Å². The van der Waals surface area contributed by atoms with Crippen LogP contribution in [0.1, 0.15) is 58.3 Å². The maximum absolute atomic E-state index is 5.12. The second kappa shape index (κ2) is 9.94. The fraction of sp³-hybridized carbons (Fsp3) is 0.952. The molecule has 0 radical (unpaired) electrons. The van der Waals surface area contributed by atoms with Crippen LogP contribution in [0.5, 0.6) is 0 Å². The van der Waals surface area contributed by atoms with E-state index < -0.39 is 0 Å². The highest BCUT2D eigenvalue weighted by Gasteiger charge is 2.41. The molecule has 5 heteroatoms. The average Bonchev–Trinajstić information content (AvgIpc) is 3.56. The van der Waals surface area contributed by atoms with Crippen molar-refractivity contribution < 1.29 is 0 Å². The smallest absolute Gasteiger partial charge is 0.193 e. The highest BCUT2D eigenvalue weighted by Crippen LogP contribution is 2.49. The first-order valence-electron chi connectivity index (χ1n) is 11.1. The molecule has 4 fully saturated rings. The third-order valence-electron chi connectivity index (χ3n) is 6.79. The van der Waals surface area contributed by atoms with E-state index in [9.17, 15) is 0 Å². The Balaban J connectivity index is 0.00000196. The van der Waals surface area contributed by atoms with Crippen molar-refractivity contribution in [2.75, 3.05) is 45.8 Å². The van der Waals surface area contributed by atoms with E-state index in [0.717, 1.165) is 36.8 Å².